The van der Waals surface area contributed by atoms with Gasteiger partial charge in [0.2, 0.25) is 23.6 Å². The lowest BCUT2D eigenvalue weighted by atomic mass is 10.0. The van der Waals surface area contributed by atoms with Gasteiger partial charge in [-0.2, -0.15) is 0 Å². The minimum absolute atomic E-state index is 0. The Morgan fingerprint density at radius 1 is 0.562 bits per heavy atom. The number of halogens is 3. The van der Waals surface area contributed by atoms with Crippen molar-refractivity contribution in [2.75, 3.05) is 13.1 Å². The van der Waals surface area contributed by atoms with Crippen molar-refractivity contribution in [2.24, 2.45) is 17.7 Å². The number of alkyl carbamates (subject to hydrolysis) is 2. The zero-order valence-electron chi connectivity index (χ0n) is 59.2. The highest BCUT2D eigenvalue weighted by molar-refractivity contribution is 5.98. The lowest BCUT2D eigenvalue weighted by Gasteiger charge is -2.30. The van der Waals surface area contributed by atoms with Gasteiger partial charge in [0.1, 0.15) is 70.3 Å². The fourth-order valence-corrected chi connectivity index (χ4v) is 13.7. The quantitative estimate of drug-likeness (QED) is 0.0906. The molecule has 6 aliphatic heterocycles. The van der Waals surface area contributed by atoms with Gasteiger partial charge in [0.15, 0.2) is 0 Å². The molecule has 596 valence electrons. The zero-order valence-corrected chi connectivity index (χ0v) is 60.0. The zero-order chi connectivity index (χ0) is 72.3. The van der Waals surface area contributed by atoms with E-state index in [2.05, 4.69) is 37.5 Å². The molecule has 0 unspecified atom stereocenters. The summed E-state index contributed by atoms with van der Waals surface area (Å²) >= 11 is 0. The third-order valence-corrected chi connectivity index (χ3v) is 19.0. The van der Waals surface area contributed by atoms with Crippen molar-refractivity contribution in [3.8, 4) is 0 Å². The molecule has 27 nitrogen and oxygen atoms in total. The number of carbonyl (C=O) groups is 10. The number of carbonyl (C=O) groups excluding carboxylic acids is 9. The molecule has 105 heavy (non-hydrogen) atoms. The second kappa shape index (κ2) is 40.4. The largest absolute Gasteiger partial charge is 0.479 e. The van der Waals surface area contributed by atoms with Gasteiger partial charge in [-0.15, -0.1) is 12.4 Å². The third-order valence-electron chi connectivity index (χ3n) is 19.0. The summed E-state index contributed by atoms with van der Waals surface area (Å²) in [7, 11) is 0. The number of rotatable bonds is 9. The van der Waals surface area contributed by atoms with Crippen LogP contribution in [0.25, 0.3) is 0 Å². The maximum absolute atomic E-state index is 14.4. The summed E-state index contributed by atoms with van der Waals surface area (Å²) in [5.41, 5.74) is 0.498. The number of nitrogens with one attached hydrogen (secondary N) is 5. The molecular formula is C75H123ClF2N10O17. The van der Waals surface area contributed by atoms with E-state index >= 15 is 0 Å². The lowest BCUT2D eigenvalue weighted by Crippen LogP contribution is -2.58. The van der Waals surface area contributed by atoms with Gasteiger partial charge in [0, 0.05) is 37.1 Å². The van der Waals surface area contributed by atoms with E-state index in [0.29, 0.717) is 67.2 Å². The Labute approximate surface area is 626 Å². The molecule has 8 N–H and O–H groups in total. The van der Waals surface area contributed by atoms with E-state index in [-0.39, 0.29) is 126 Å². The highest BCUT2D eigenvalue weighted by Crippen LogP contribution is 2.49. The van der Waals surface area contributed by atoms with Gasteiger partial charge in [0.05, 0.1) is 38.4 Å². The molecule has 2 aromatic carbocycles. The number of ether oxygens (including phenoxy) is 4. The Bertz CT molecular complexity index is 3280. The first kappa shape index (κ1) is 93.5. The first-order valence-corrected chi connectivity index (χ1v) is 34.9. The van der Waals surface area contributed by atoms with Gasteiger partial charge in [-0.05, 0) is 143 Å². The van der Waals surface area contributed by atoms with Crippen molar-refractivity contribution in [3.05, 3.63) is 70.3 Å². The molecule has 2 aromatic rings. The van der Waals surface area contributed by atoms with Gasteiger partial charge in [-0.1, -0.05) is 126 Å². The predicted molar refractivity (Wildman–Crippen MR) is 394 cm³/mol. The van der Waals surface area contributed by atoms with E-state index in [9.17, 15) is 61.8 Å². The molecule has 0 radical (unpaired) electrons. The number of fused-ring (bicyclic) bond motifs is 6. The van der Waals surface area contributed by atoms with Crippen molar-refractivity contribution >= 4 is 72.3 Å². The van der Waals surface area contributed by atoms with E-state index in [1.165, 1.54) is 31.7 Å². The van der Waals surface area contributed by atoms with Gasteiger partial charge >= 0.3 is 30.3 Å². The highest BCUT2D eigenvalue weighted by atomic mass is 35.5. The van der Waals surface area contributed by atoms with E-state index in [1.807, 2.05) is 13.8 Å². The maximum atomic E-state index is 14.4. The third kappa shape index (κ3) is 25.0. The Morgan fingerprint density at radius 2 is 0.924 bits per heavy atom. The summed E-state index contributed by atoms with van der Waals surface area (Å²) in [6.07, 6.45) is 6.18. The second-order valence-corrected chi connectivity index (χ2v) is 29.9. The number of hydrogen-bond acceptors (Lipinski definition) is 17. The first-order valence-electron chi connectivity index (χ1n) is 34.9. The van der Waals surface area contributed by atoms with Crippen LogP contribution in [0.1, 0.15) is 244 Å². The van der Waals surface area contributed by atoms with Crippen molar-refractivity contribution in [2.45, 2.75) is 319 Å². The number of nitrogens with two attached hydrogens (primary N) is 1. The van der Waals surface area contributed by atoms with Crippen LogP contribution in [0, 0.1) is 23.5 Å². The number of amides is 9. The number of carboxylic acids is 1. The summed E-state index contributed by atoms with van der Waals surface area (Å²) in [5.74, 6) is -0.272. The smallest absolute Gasteiger partial charge is 0.410 e. The van der Waals surface area contributed by atoms with Crippen LogP contribution < -0.4 is 32.6 Å². The van der Waals surface area contributed by atoms with Gasteiger partial charge in [-0.3, -0.25) is 38.6 Å². The van der Waals surface area contributed by atoms with E-state index < -0.39 is 130 Å². The van der Waals surface area contributed by atoms with Crippen LogP contribution in [0.4, 0.5) is 28.0 Å². The summed E-state index contributed by atoms with van der Waals surface area (Å²) in [6, 6.07) is 5.10. The van der Waals surface area contributed by atoms with Gasteiger partial charge < -0.3 is 60.0 Å². The molecule has 2 saturated carbocycles. The fraction of sp³-hybridized carbons (Fsp3) is 0.707. The number of nitrogens with zero attached hydrogens (tertiary/aromatic N) is 4. The molecule has 0 spiro atoms. The monoisotopic (exact) mass is 1510 g/mol. The van der Waals surface area contributed by atoms with Crippen LogP contribution in [0.15, 0.2) is 36.4 Å². The van der Waals surface area contributed by atoms with Crippen molar-refractivity contribution in [3.63, 3.8) is 0 Å². The average Bonchev–Trinajstić information content (AvgIpc) is 1.60. The first-order chi connectivity index (χ1) is 46.7. The standard InChI is InChI=1S/C35H50FN5O8.C32H43FN4O8.C3H9NO.5CH4.ClH/c1-21(2)49-39-31(44)35-17-23(35)13-9-7-6-8-10-15-27(37-32(45)48-34(3,4)5)30(43)41-19-24(16-28(41)29(42)38-35)47-33(46)40-18-22-12-11-14-26(36)25(22)20-40;1-31(2,3)45-29(42)34-24-13-8-6-4-5-7-11-20-15-32(20,28(40)41)35-26(38)25-14-21(17-37(25)27(24)39)44-30(43)36-16-19-10-9-12-23(33)22(19)18-36;1-3(2)5-4;;;;;;/h11-12,14,21,23-24,27-28H,6-10,13,15-20H2,1-5H3,(H,37,45)(H,38,42)(H,39,44);9-10,12,20-21,24-25H,4-8,11,13-18H2,1-3H3,(H,34,42)(H,35,38)(H,40,41);3H,4H2,1-2H3;5*1H4;1H/t23-,24-,27+,28+,35-;20-,21-,24+,25+,32-;;;;;;;/m11......./s1. The van der Waals surface area contributed by atoms with Crippen LogP contribution >= 0.6 is 12.4 Å². The minimum atomic E-state index is -1.40. The van der Waals surface area contributed by atoms with Crippen LogP contribution in [-0.4, -0.2) is 169 Å². The van der Waals surface area contributed by atoms with Crippen LogP contribution in [-0.2, 0) is 83.6 Å². The Kier molecular flexibility index (Phi) is 35.9. The molecule has 6 heterocycles. The molecule has 30 heteroatoms. The Morgan fingerprint density at radius 3 is 1.29 bits per heavy atom. The van der Waals surface area contributed by atoms with E-state index in [1.54, 1.807) is 79.7 Å². The number of benzene rings is 2. The summed E-state index contributed by atoms with van der Waals surface area (Å²) in [4.78, 5) is 149. The molecule has 10 atom stereocenters. The topological polar surface area (TPSA) is 345 Å². The van der Waals surface area contributed by atoms with E-state index in [0.717, 1.165) is 57.8 Å². The van der Waals surface area contributed by atoms with Crippen molar-refractivity contribution in [1.82, 2.24) is 46.3 Å². The lowest BCUT2D eigenvalue weighted by molar-refractivity contribution is -0.146. The van der Waals surface area contributed by atoms with Crippen molar-refractivity contribution < 1.29 is 90.5 Å². The molecule has 9 amide bonds. The number of hydroxylamine groups is 1. The molecule has 6 fully saturated rings. The minimum Gasteiger partial charge on any atom is -0.479 e. The van der Waals surface area contributed by atoms with Crippen LogP contribution in [0.2, 0.25) is 0 Å². The Balaban J connectivity index is 0.000000637. The SMILES string of the molecule is C.C.C.C.C.CC(C)(C)OC(=O)N[C@H]1CCCCCCC[C@@H]2C[C@@]2(C(=O)O)NC(=O)[C@@H]2C[C@@H](OC(=O)N3Cc4cccc(F)c4C3)CN2C1=O.CC(C)ON.CC(C)ONC(=O)[C@@]12C[C@H]1CCCCCCC[C@H](NC(=O)OC(C)(C)C)C(=O)N1C[C@H](OC(=O)N3Cc4cccc(F)c4C3)C[C@H]1C(=O)N2.Cl. The predicted octanol–water partition coefficient (Wildman–Crippen LogP) is 11.9. The number of carboxylic acid groups (broad SMARTS) is 1. The molecule has 2 aliphatic carbocycles. The van der Waals surface area contributed by atoms with Crippen LogP contribution in [0.5, 0.6) is 0 Å². The van der Waals surface area contributed by atoms with Crippen molar-refractivity contribution in [1.29, 1.82) is 0 Å². The maximum Gasteiger partial charge on any atom is 0.410 e. The number of hydrogen-bond donors (Lipinski definition) is 7. The average molecular weight is 1510 g/mol. The highest BCUT2D eigenvalue weighted by Gasteiger charge is 2.63. The summed E-state index contributed by atoms with van der Waals surface area (Å²) in [5, 5.41) is 21.1. The molecule has 0 aromatic heterocycles. The molecule has 4 saturated heterocycles. The second-order valence-electron chi connectivity index (χ2n) is 29.9. The number of aliphatic carboxylic acids is 1. The fourth-order valence-electron chi connectivity index (χ4n) is 13.7. The molecule has 0 bridgehead atoms. The van der Waals surface area contributed by atoms with Gasteiger partial charge in [0.25, 0.3) is 5.91 Å². The normalized spacial score (nSPS) is 25.7. The van der Waals surface area contributed by atoms with E-state index in [4.69, 9.17) is 23.8 Å². The summed E-state index contributed by atoms with van der Waals surface area (Å²) < 4.78 is 51.1. The molecule has 10 rings (SSSR count). The Hall–Kier alpha value is -7.63. The van der Waals surface area contributed by atoms with Gasteiger partial charge in [-0.25, -0.2) is 44.1 Å². The molecular weight excluding hydrogens is 1390 g/mol. The summed E-state index contributed by atoms with van der Waals surface area (Å²) in [6.45, 7) is 17.8. The molecule has 8 aliphatic rings. The van der Waals surface area contributed by atoms with Crippen LogP contribution in [0.3, 0.4) is 0 Å².